The summed E-state index contributed by atoms with van der Waals surface area (Å²) in [7, 11) is 0. The molecule has 0 radical (unpaired) electrons. The average Bonchev–Trinajstić information content (AvgIpc) is 3.51. The van der Waals surface area contributed by atoms with Gasteiger partial charge in [0.15, 0.2) is 0 Å². The van der Waals surface area contributed by atoms with E-state index in [0.29, 0.717) is 20.6 Å². The number of allylic oxidation sites excluding steroid dienone is 1. The van der Waals surface area contributed by atoms with Crippen LogP contribution in [0.25, 0.3) is 6.08 Å². The molecule has 1 unspecified atom stereocenters. The van der Waals surface area contributed by atoms with Crippen LogP contribution in [0.1, 0.15) is 48.8 Å². The zero-order chi connectivity index (χ0) is 20.3. The van der Waals surface area contributed by atoms with E-state index in [9.17, 15) is 9.18 Å². The first-order valence-corrected chi connectivity index (χ1v) is 10.4. The van der Waals surface area contributed by atoms with E-state index >= 15 is 0 Å². The summed E-state index contributed by atoms with van der Waals surface area (Å²) in [5.41, 5.74) is 2.19. The summed E-state index contributed by atoms with van der Waals surface area (Å²) in [6.07, 6.45) is 6.57. The van der Waals surface area contributed by atoms with Gasteiger partial charge in [-0.1, -0.05) is 66.0 Å². The Bertz CT molecular complexity index is 886. The molecule has 1 saturated carbocycles. The summed E-state index contributed by atoms with van der Waals surface area (Å²) in [6.45, 7) is 2.27. The summed E-state index contributed by atoms with van der Waals surface area (Å²) in [5.74, 6) is -0.128. The minimum atomic E-state index is -0.330. The van der Waals surface area contributed by atoms with Crippen molar-refractivity contribution in [3.05, 3.63) is 74.0 Å². The van der Waals surface area contributed by atoms with Crippen LogP contribution in [0.2, 0.25) is 15.1 Å². The van der Waals surface area contributed by atoms with Crippen LogP contribution in [-0.2, 0) is 11.3 Å². The van der Waals surface area contributed by atoms with Crippen molar-refractivity contribution in [1.82, 2.24) is 5.32 Å². The third-order valence-corrected chi connectivity index (χ3v) is 6.07. The number of nitrogens with one attached hydrogen (secondary N) is 1. The number of benzene rings is 2. The summed E-state index contributed by atoms with van der Waals surface area (Å²) >= 11 is 18.3. The molecule has 28 heavy (non-hydrogen) atoms. The van der Waals surface area contributed by atoms with Gasteiger partial charge in [-0.2, -0.15) is 0 Å². The van der Waals surface area contributed by atoms with E-state index < -0.39 is 0 Å². The molecule has 2 nitrogen and oxygen atoms in total. The molecule has 0 aromatic heterocycles. The zero-order valence-electron chi connectivity index (χ0n) is 15.4. The van der Waals surface area contributed by atoms with E-state index in [1.807, 2.05) is 18.2 Å². The molecule has 0 spiro atoms. The fourth-order valence-corrected chi connectivity index (χ4v) is 3.60. The summed E-state index contributed by atoms with van der Waals surface area (Å²) in [4.78, 5) is 11.7. The van der Waals surface area contributed by atoms with Crippen molar-refractivity contribution in [3.63, 3.8) is 0 Å². The number of amides is 1. The third kappa shape index (κ3) is 5.28. The Hall–Kier alpha value is -1.55. The minimum Gasteiger partial charge on any atom is -0.352 e. The van der Waals surface area contributed by atoms with E-state index in [2.05, 4.69) is 12.2 Å². The Morgan fingerprint density at radius 1 is 1.21 bits per heavy atom. The molecule has 1 atom stereocenters. The van der Waals surface area contributed by atoms with Gasteiger partial charge in [0.1, 0.15) is 5.82 Å². The fourth-order valence-electron chi connectivity index (χ4n) is 2.98. The van der Waals surface area contributed by atoms with Gasteiger partial charge in [0.05, 0.1) is 15.1 Å². The second kappa shape index (κ2) is 9.30. The molecule has 1 aliphatic rings. The first kappa shape index (κ1) is 21.2. The lowest BCUT2D eigenvalue weighted by molar-refractivity contribution is -0.122. The van der Waals surface area contributed by atoms with Gasteiger partial charge in [-0.3, -0.25) is 4.79 Å². The Labute approximate surface area is 179 Å². The van der Waals surface area contributed by atoms with Crippen molar-refractivity contribution >= 4 is 46.8 Å². The van der Waals surface area contributed by atoms with Gasteiger partial charge in [0.25, 0.3) is 0 Å². The van der Waals surface area contributed by atoms with Crippen molar-refractivity contribution in [3.8, 4) is 0 Å². The second-order valence-electron chi connectivity index (χ2n) is 7.02. The highest BCUT2D eigenvalue weighted by molar-refractivity contribution is 6.48. The van der Waals surface area contributed by atoms with Gasteiger partial charge in [-0.05, 0) is 48.6 Å². The lowest BCUT2D eigenvalue weighted by Gasteiger charge is -2.13. The van der Waals surface area contributed by atoms with Crippen LogP contribution < -0.4 is 5.32 Å². The number of rotatable bonds is 7. The number of carbonyl (C=O) groups excluding carboxylic acids is 1. The van der Waals surface area contributed by atoms with Crippen molar-refractivity contribution < 1.29 is 9.18 Å². The monoisotopic (exact) mass is 439 g/mol. The fraction of sp³-hybridized carbons (Fsp3) is 0.318. The number of hydrogen-bond donors (Lipinski definition) is 1. The molecule has 1 fully saturated rings. The molecule has 148 valence electrons. The molecular weight excluding hydrogens is 420 g/mol. The average molecular weight is 441 g/mol. The zero-order valence-corrected chi connectivity index (χ0v) is 17.7. The van der Waals surface area contributed by atoms with Crippen LogP contribution in [-0.4, -0.2) is 5.91 Å². The molecule has 0 heterocycles. The number of halogens is 4. The molecule has 0 saturated heterocycles. The molecule has 3 rings (SSSR count). The van der Waals surface area contributed by atoms with Gasteiger partial charge in [-0.25, -0.2) is 4.39 Å². The van der Waals surface area contributed by atoms with Crippen LogP contribution in [0.4, 0.5) is 4.39 Å². The maximum absolute atomic E-state index is 14.4. The van der Waals surface area contributed by atoms with Crippen LogP contribution in [0, 0.1) is 11.7 Å². The van der Waals surface area contributed by atoms with E-state index in [1.54, 1.807) is 18.2 Å². The Morgan fingerprint density at radius 3 is 2.46 bits per heavy atom. The van der Waals surface area contributed by atoms with Crippen molar-refractivity contribution in [2.24, 2.45) is 5.92 Å². The maximum Gasteiger partial charge on any atom is 0.223 e. The predicted molar refractivity (Wildman–Crippen MR) is 115 cm³/mol. The maximum atomic E-state index is 14.4. The van der Waals surface area contributed by atoms with Gasteiger partial charge >= 0.3 is 0 Å². The molecular formula is C22H21Cl3FNO. The Balaban J connectivity index is 1.69. The molecule has 1 aliphatic carbocycles. The molecule has 0 bridgehead atoms. The topological polar surface area (TPSA) is 29.1 Å². The third-order valence-electron chi connectivity index (χ3n) is 4.87. The number of carbonyl (C=O) groups is 1. The van der Waals surface area contributed by atoms with Crippen LogP contribution in [0.5, 0.6) is 0 Å². The summed E-state index contributed by atoms with van der Waals surface area (Å²) in [5, 5.41) is 3.96. The Kier molecular flexibility index (Phi) is 7.03. The van der Waals surface area contributed by atoms with E-state index in [-0.39, 0.29) is 30.1 Å². The quantitative estimate of drug-likeness (QED) is 0.460. The van der Waals surface area contributed by atoms with E-state index in [0.717, 1.165) is 30.4 Å². The normalized spacial score (nSPS) is 15.0. The van der Waals surface area contributed by atoms with Crippen LogP contribution in [0.15, 0.2) is 36.4 Å². The minimum absolute atomic E-state index is 0.00875. The second-order valence-corrected chi connectivity index (χ2v) is 8.21. The summed E-state index contributed by atoms with van der Waals surface area (Å²) < 4.78 is 14.4. The van der Waals surface area contributed by atoms with E-state index in [4.69, 9.17) is 34.8 Å². The van der Waals surface area contributed by atoms with Gasteiger partial charge in [0, 0.05) is 23.9 Å². The van der Waals surface area contributed by atoms with Gasteiger partial charge < -0.3 is 5.32 Å². The van der Waals surface area contributed by atoms with Gasteiger partial charge in [-0.15, -0.1) is 0 Å². The SMILES string of the molecule is CCC(/C=C/c1ccc(CNC(=O)C2CC2)c(F)c1)c1cc(Cl)c(Cl)c(Cl)c1. The predicted octanol–water partition coefficient (Wildman–Crippen LogP) is 7.02. The van der Waals surface area contributed by atoms with Crippen molar-refractivity contribution in [2.45, 2.75) is 38.6 Å². The van der Waals surface area contributed by atoms with Crippen molar-refractivity contribution in [2.75, 3.05) is 0 Å². The lowest BCUT2D eigenvalue weighted by atomic mass is 9.95. The molecule has 1 amide bonds. The summed E-state index contributed by atoms with van der Waals surface area (Å²) in [6, 6.07) is 8.64. The largest absolute Gasteiger partial charge is 0.352 e. The molecule has 0 aliphatic heterocycles. The molecule has 2 aromatic rings. The highest BCUT2D eigenvalue weighted by Crippen LogP contribution is 2.35. The van der Waals surface area contributed by atoms with Gasteiger partial charge in [0.2, 0.25) is 5.91 Å². The first-order valence-electron chi connectivity index (χ1n) is 9.27. The van der Waals surface area contributed by atoms with Crippen LogP contribution in [0.3, 0.4) is 0 Å². The van der Waals surface area contributed by atoms with Crippen molar-refractivity contribution in [1.29, 1.82) is 0 Å². The highest BCUT2D eigenvalue weighted by atomic mass is 35.5. The number of hydrogen-bond acceptors (Lipinski definition) is 1. The lowest BCUT2D eigenvalue weighted by Crippen LogP contribution is -2.24. The standard InChI is InChI=1S/C22H21Cl3FNO/c1-2-14(17-10-18(23)21(25)19(24)11-17)5-3-13-4-6-16(20(26)9-13)12-27-22(28)15-7-8-15/h3-6,9-11,14-15H,2,7-8,12H2,1H3,(H,27,28)/b5-3+. The first-order chi connectivity index (χ1) is 13.4. The molecule has 6 heteroatoms. The smallest absolute Gasteiger partial charge is 0.223 e. The molecule has 2 aromatic carbocycles. The Morgan fingerprint density at radius 2 is 1.89 bits per heavy atom. The highest BCUT2D eigenvalue weighted by Gasteiger charge is 2.29. The molecule has 1 N–H and O–H groups in total. The van der Waals surface area contributed by atoms with E-state index in [1.165, 1.54) is 6.07 Å². The van der Waals surface area contributed by atoms with Crippen LogP contribution >= 0.6 is 34.8 Å².